The molecule has 6 nitrogen and oxygen atoms in total. The smallest absolute Gasteiger partial charge is 0.236 e. The van der Waals surface area contributed by atoms with Crippen molar-refractivity contribution < 1.29 is 14.4 Å². The van der Waals surface area contributed by atoms with Gasteiger partial charge >= 0.3 is 0 Å². The lowest BCUT2D eigenvalue weighted by Gasteiger charge is -2.36. The highest BCUT2D eigenvalue weighted by atomic mass is 35.5. The molecule has 0 N–H and O–H groups in total. The van der Waals surface area contributed by atoms with Gasteiger partial charge in [-0.25, -0.2) is 0 Å². The maximum Gasteiger partial charge on any atom is 0.236 e. The van der Waals surface area contributed by atoms with E-state index in [9.17, 15) is 14.4 Å². The van der Waals surface area contributed by atoms with Crippen LogP contribution in [0.3, 0.4) is 0 Å². The average molecular weight is 392 g/mol. The number of hydrogen-bond acceptors (Lipinski definition) is 4. The van der Waals surface area contributed by atoms with E-state index in [2.05, 4.69) is 4.90 Å². The third kappa shape index (κ3) is 5.08. The molecule has 0 radical (unpaired) electrons. The molecule has 0 aliphatic carbocycles. The van der Waals surface area contributed by atoms with E-state index >= 15 is 0 Å². The van der Waals surface area contributed by atoms with Crippen molar-refractivity contribution in [3.05, 3.63) is 34.9 Å². The summed E-state index contributed by atoms with van der Waals surface area (Å²) >= 11 is 5.88. The van der Waals surface area contributed by atoms with Crippen LogP contribution in [0.4, 0.5) is 0 Å². The van der Waals surface area contributed by atoms with Gasteiger partial charge in [0, 0.05) is 49.6 Å². The van der Waals surface area contributed by atoms with Gasteiger partial charge in [0.05, 0.1) is 6.54 Å². The standard InChI is InChI=1S/C20H26ClN3O3/c1-15(25)23-10-12-24(13-11-23)19(26)14-22-8-6-17(7-9-22)20(27)16-2-4-18(21)5-3-16/h2-5,17H,6-14H2,1H3. The number of ketones is 1. The Kier molecular flexibility index (Phi) is 6.50. The minimum absolute atomic E-state index is 0.0108. The van der Waals surface area contributed by atoms with E-state index in [0.717, 1.165) is 25.9 Å². The monoisotopic (exact) mass is 391 g/mol. The van der Waals surface area contributed by atoms with Crippen LogP contribution in [0, 0.1) is 5.92 Å². The SMILES string of the molecule is CC(=O)N1CCN(C(=O)CN2CCC(C(=O)c3ccc(Cl)cc3)CC2)CC1. The second kappa shape index (κ2) is 8.85. The Morgan fingerprint density at radius 3 is 2.04 bits per heavy atom. The minimum atomic E-state index is 0.0108. The average Bonchev–Trinajstić information content (AvgIpc) is 2.68. The van der Waals surface area contributed by atoms with E-state index in [-0.39, 0.29) is 23.5 Å². The molecule has 2 amide bonds. The number of rotatable bonds is 4. The van der Waals surface area contributed by atoms with Crippen LogP contribution in [0.25, 0.3) is 0 Å². The zero-order valence-electron chi connectivity index (χ0n) is 15.7. The van der Waals surface area contributed by atoms with Crippen molar-refractivity contribution in [3.63, 3.8) is 0 Å². The van der Waals surface area contributed by atoms with Gasteiger partial charge in [-0.1, -0.05) is 11.6 Å². The molecule has 2 aliphatic heterocycles. The first-order valence-electron chi connectivity index (χ1n) is 9.49. The number of piperidine rings is 1. The van der Waals surface area contributed by atoms with Crippen molar-refractivity contribution in [1.82, 2.24) is 14.7 Å². The number of benzene rings is 1. The number of hydrogen-bond donors (Lipinski definition) is 0. The molecule has 0 spiro atoms. The molecular weight excluding hydrogens is 366 g/mol. The fraction of sp³-hybridized carbons (Fsp3) is 0.550. The zero-order valence-corrected chi connectivity index (χ0v) is 16.5. The number of halogens is 1. The highest BCUT2D eigenvalue weighted by Crippen LogP contribution is 2.22. The van der Waals surface area contributed by atoms with Gasteiger partial charge in [-0.15, -0.1) is 0 Å². The number of Topliss-reactive ketones (excluding diaryl/α,β-unsaturated/α-hetero) is 1. The molecule has 0 bridgehead atoms. The molecule has 2 saturated heterocycles. The van der Waals surface area contributed by atoms with E-state index in [1.165, 1.54) is 0 Å². The van der Waals surface area contributed by atoms with Gasteiger partial charge in [-0.05, 0) is 50.2 Å². The third-order valence-electron chi connectivity index (χ3n) is 5.52. The van der Waals surface area contributed by atoms with Crippen molar-refractivity contribution in [2.45, 2.75) is 19.8 Å². The summed E-state index contributed by atoms with van der Waals surface area (Å²) in [6, 6.07) is 7.05. The normalized spacial score (nSPS) is 19.2. The molecule has 2 aliphatic rings. The van der Waals surface area contributed by atoms with Crippen molar-refractivity contribution in [2.75, 3.05) is 45.8 Å². The lowest BCUT2D eigenvalue weighted by Crippen LogP contribution is -2.52. The summed E-state index contributed by atoms with van der Waals surface area (Å²) in [5, 5.41) is 0.629. The summed E-state index contributed by atoms with van der Waals surface area (Å²) in [6.07, 6.45) is 1.54. The topological polar surface area (TPSA) is 60.9 Å². The Bertz CT molecular complexity index is 691. The molecule has 0 aromatic heterocycles. The van der Waals surface area contributed by atoms with Crippen LogP contribution in [0.2, 0.25) is 5.02 Å². The number of carbonyl (C=O) groups is 3. The molecule has 1 aromatic carbocycles. The highest BCUT2D eigenvalue weighted by molar-refractivity contribution is 6.30. The predicted octanol–water partition coefficient (Wildman–Crippen LogP) is 1.93. The van der Waals surface area contributed by atoms with Crippen LogP contribution in [0.5, 0.6) is 0 Å². The van der Waals surface area contributed by atoms with E-state index < -0.39 is 0 Å². The van der Waals surface area contributed by atoms with Crippen molar-refractivity contribution in [2.24, 2.45) is 5.92 Å². The number of piperazine rings is 1. The minimum Gasteiger partial charge on any atom is -0.339 e. The number of likely N-dealkylation sites (tertiary alicyclic amines) is 1. The summed E-state index contributed by atoms with van der Waals surface area (Å²) in [6.45, 7) is 5.88. The second-order valence-electron chi connectivity index (χ2n) is 7.31. The second-order valence-corrected chi connectivity index (χ2v) is 7.74. The fourth-order valence-corrected chi connectivity index (χ4v) is 3.89. The summed E-state index contributed by atoms with van der Waals surface area (Å²) in [4.78, 5) is 42.2. The van der Waals surface area contributed by atoms with E-state index in [0.29, 0.717) is 43.3 Å². The van der Waals surface area contributed by atoms with Crippen LogP contribution in [0.15, 0.2) is 24.3 Å². The first kappa shape index (κ1) is 19.8. The Balaban J connectivity index is 1.44. The third-order valence-corrected chi connectivity index (χ3v) is 5.78. The Morgan fingerprint density at radius 1 is 0.926 bits per heavy atom. The molecule has 146 valence electrons. The largest absolute Gasteiger partial charge is 0.339 e. The molecule has 2 heterocycles. The van der Waals surface area contributed by atoms with Gasteiger partial charge in [0.25, 0.3) is 0 Å². The summed E-state index contributed by atoms with van der Waals surface area (Å²) in [5.74, 6) is 0.352. The first-order valence-corrected chi connectivity index (χ1v) is 9.87. The molecule has 0 unspecified atom stereocenters. The maximum absolute atomic E-state index is 12.6. The van der Waals surface area contributed by atoms with Crippen LogP contribution >= 0.6 is 11.6 Å². The quantitative estimate of drug-likeness (QED) is 0.736. The van der Waals surface area contributed by atoms with E-state index in [1.54, 1.807) is 36.1 Å². The lowest BCUT2D eigenvalue weighted by atomic mass is 9.89. The molecule has 0 saturated carbocycles. The molecule has 27 heavy (non-hydrogen) atoms. The van der Waals surface area contributed by atoms with E-state index in [1.807, 2.05) is 4.90 Å². The van der Waals surface area contributed by atoms with Crippen LogP contribution in [-0.2, 0) is 9.59 Å². The molecule has 2 fully saturated rings. The lowest BCUT2D eigenvalue weighted by molar-refractivity contribution is -0.139. The Labute approximate surface area is 165 Å². The van der Waals surface area contributed by atoms with Gasteiger partial charge in [-0.2, -0.15) is 0 Å². The number of nitrogens with zero attached hydrogens (tertiary/aromatic N) is 3. The molecule has 0 atom stereocenters. The van der Waals surface area contributed by atoms with E-state index in [4.69, 9.17) is 11.6 Å². The maximum atomic E-state index is 12.6. The molecule has 1 aromatic rings. The van der Waals surface area contributed by atoms with Crippen molar-refractivity contribution in [1.29, 1.82) is 0 Å². The highest BCUT2D eigenvalue weighted by Gasteiger charge is 2.28. The summed E-state index contributed by atoms with van der Waals surface area (Å²) in [5.41, 5.74) is 0.706. The number of amides is 2. The van der Waals surface area contributed by atoms with Gasteiger partial charge < -0.3 is 9.80 Å². The molecule has 7 heteroatoms. The first-order chi connectivity index (χ1) is 12.9. The van der Waals surface area contributed by atoms with Gasteiger partial charge in [0.2, 0.25) is 11.8 Å². The van der Waals surface area contributed by atoms with Crippen LogP contribution in [-0.4, -0.2) is 78.1 Å². The van der Waals surface area contributed by atoms with Gasteiger partial charge in [0.15, 0.2) is 5.78 Å². The van der Waals surface area contributed by atoms with Gasteiger partial charge in [-0.3, -0.25) is 19.3 Å². The van der Waals surface area contributed by atoms with Crippen molar-refractivity contribution >= 4 is 29.2 Å². The Hall–Kier alpha value is -1.92. The number of carbonyl (C=O) groups excluding carboxylic acids is 3. The summed E-state index contributed by atoms with van der Waals surface area (Å²) in [7, 11) is 0. The molecule has 3 rings (SSSR count). The Morgan fingerprint density at radius 2 is 1.48 bits per heavy atom. The molecular formula is C20H26ClN3O3. The van der Waals surface area contributed by atoms with Crippen LogP contribution in [0.1, 0.15) is 30.1 Å². The zero-order chi connectivity index (χ0) is 19.4. The van der Waals surface area contributed by atoms with Gasteiger partial charge in [0.1, 0.15) is 0 Å². The predicted molar refractivity (Wildman–Crippen MR) is 104 cm³/mol. The summed E-state index contributed by atoms with van der Waals surface area (Å²) < 4.78 is 0. The van der Waals surface area contributed by atoms with Crippen LogP contribution < -0.4 is 0 Å². The van der Waals surface area contributed by atoms with Crippen molar-refractivity contribution in [3.8, 4) is 0 Å². The fourth-order valence-electron chi connectivity index (χ4n) is 3.77.